The number of benzene rings is 2. The molecular formula is C21H28O5S. The van der Waals surface area contributed by atoms with Crippen LogP contribution in [0.5, 0.6) is 17.2 Å². The maximum Gasteiger partial charge on any atom is 0.298 e. The SMILES string of the molecule is CCCCCCCCCc1cc(Oc2ccccc2)cc(S(=O)(=O)O)c1O. The van der Waals surface area contributed by atoms with Crippen molar-refractivity contribution < 1.29 is 22.8 Å². The predicted octanol–water partition coefficient (Wildman–Crippen LogP) is 5.72. The molecule has 0 bridgehead atoms. The molecule has 148 valence electrons. The lowest BCUT2D eigenvalue weighted by molar-refractivity contribution is 0.428. The van der Waals surface area contributed by atoms with Crippen LogP contribution in [0.25, 0.3) is 0 Å². The number of aryl methyl sites for hydroxylation is 1. The summed E-state index contributed by atoms with van der Waals surface area (Å²) in [5, 5.41) is 10.3. The molecule has 0 heterocycles. The van der Waals surface area contributed by atoms with Gasteiger partial charge < -0.3 is 9.84 Å². The largest absolute Gasteiger partial charge is 0.506 e. The molecule has 0 aliphatic carbocycles. The molecule has 2 aromatic carbocycles. The van der Waals surface area contributed by atoms with Crippen molar-refractivity contribution >= 4 is 10.1 Å². The van der Waals surface area contributed by atoms with E-state index in [-0.39, 0.29) is 5.75 Å². The maximum atomic E-state index is 11.6. The molecular weight excluding hydrogens is 364 g/mol. The average molecular weight is 393 g/mol. The Morgan fingerprint density at radius 2 is 1.52 bits per heavy atom. The second-order valence-electron chi connectivity index (χ2n) is 6.69. The highest BCUT2D eigenvalue weighted by Crippen LogP contribution is 2.34. The minimum Gasteiger partial charge on any atom is -0.506 e. The molecule has 0 saturated heterocycles. The fourth-order valence-corrected chi connectivity index (χ4v) is 3.62. The fraction of sp³-hybridized carbons (Fsp3) is 0.429. The van der Waals surface area contributed by atoms with E-state index in [1.165, 1.54) is 25.7 Å². The Hall–Kier alpha value is -2.05. The Balaban J connectivity index is 2.11. The van der Waals surface area contributed by atoms with Crippen LogP contribution in [0.1, 0.15) is 57.4 Å². The zero-order valence-electron chi connectivity index (χ0n) is 15.7. The van der Waals surface area contributed by atoms with E-state index in [1.54, 1.807) is 30.3 Å². The van der Waals surface area contributed by atoms with Gasteiger partial charge in [-0.05, 0) is 36.6 Å². The number of unbranched alkanes of at least 4 members (excludes halogenated alkanes) is 6. The lowest BCUT2D eigenvalue weighted by Gasteiger charge is -2.12. The van der Waals surface area contributed by atoms with Gasteiger partial charge in [-0.3, -0.25) is 4.55 Å². The van der Waals surface area contributed by atoms with Gasteiger partial charge in [-0.2, -0.15) is 8.42 Å². The number of hydrogen-bond donors (Lipinski definition) is 2. The van der Waals surface area contributed by atoms with Gasteiger partial charge in [0, 0.05) is 6.07 Å². The summed E-state index contributed by atoms with van der Waals surface area (Å²) in [4.78, 5) is -0.520. The van der Waals surface area contributed by atoms with E-state index < -0.39 is 20.8 Å². The first-order valence-corrected chi connectivity index (χ1v) is 10.9. The molecule has 0 aliphatic heterocycles. The van der Waals surface area contributed by atoms with Crippen molar-refractivity contribution in [2.45, 2.75) is 63.2 Å². The summed E-state index contributed by atoms with van der Waals surface area (Å²) < 4.78 is 38.4. The number of aromatic hydroxyl groups is 1. The van der Waals surface area contributed by atoms with Gasteiger partial charge in [-0.1, -0.05) is 63.6 Å². The van der Waals surface area contributed by atoms with Crippen molar-refractivity contribution in [3.63, 3.8) is 0 Å². The smallest absolute Gasteiger partial charge is 0.298 e. The van der Waals surface area contributed by atoms with E-state index in [0.29, 0.717) is 17.7 Å². The molecule has 5 nitrogen and oxygen atoms in total. The summed E-state index contributed by atoms with van der Waals surface area (Å²) in [7, 11) is -4.55. The van der Waals surface area contributed by atoms with Crippen molar-refractivity contribution in [1.82, 2.24) is 0 Å². The van der Waals surface area contributed by atoms with Crippen molar-refractivity contribution in [3.8, 4) is 17.2 Å². The number of ether oxygens (including phenoxy) is 1. The standard InChI is InChI=1S/C21H28O5S/c1-2-3-4-5-6-7-9-12-17-15-19(26-18-13-10-8-11-14-18)16-20(21(17)22)27(23,24)25/h8,10-11,13-16,22H,2-7,9,12H2,1H3,(H,23,24,25). The highest BCUT2D eigenvalue weighted by molar-refractivity contribution is 7.86. The van der Waals surface area contributed by atoms with E-state index in [2.05, 4.69) is 6.92 Å². The number of para-hydroxylation sites is 1. The predicted molar refractivity (Wildman–Crippen MR) is 106 cm³/mol. The molecule has 2 rings (SSSR count). The highest BCUT2D eigenvalue weighted by Gasteiger charge is 2.20. The zero-order chi connectivity index (χ0) is 19.7. The lowest BCUT2D eigenvalue weighted by atomic mass is 10.0. The molecule has 0 aliphatic rings. The summed E-state index contributed by atoms with van der Waals surface area (Å²) in [5.41, 5.74) is 0.463. The maximum absolute atomic E-state index is 11.6. The van der Waals surface area contributed by atoms with Crippen molar-refractivity contribution in [3.05, 3.63) is 48.0 Å². The third-order valence-corrected chi connectivity index (χ3v) is 5.30. The second kappa shape index (κ2) is 10.3. The summed E-state index contributed by atoms with van der Waals surface area (Å²) >= 11 is 0. The first kappa shape index (κ1) is 21.3. The quantitative estimate of drug-likeness (QED) is 0.377. The minimum absolute atomic E-state index is 0.268. The average Bonchev–Trinajstić information content (AvgIpc) is 2.63. The Kier molecular flexibility index (Phi) is 8.13. The molecule has 0 radical (unpaired) electrons. The molecule has 0 fully saturated rings. The topological polar surface area (TPSA) is 83.8 Å². The van der Waals surface area contributed by atoms with Crippen LogP contribution in [0.4, 0.5) is 0 Å². The van der Waals surface area contributed by atoms with Crippen LogP contribution in [0, 0.1) is 0 Å². The number of phenolic OH excluding ortho intramolecular Hbond substituents is 1. The zero-order valence-corrected chi connectivity index (χ0v) is 16.5. The molecule has 0 saturated carbocycles. The van der Waals surface area contributed by atoms with Crippen LogP contribution in [0.15, 0.2) is 47.4 Å². The Morgan fingerprint density at radius 3 is 2.15 bits per heavy atom. The van der Waals surface area contributed by atoms with Crippen molar-refractivity contribution in [2.75, 3.05) is 0 Å². The summed E-state index contributed by atoms with van der Waals surface area (Å²) in [6, 6.07) is 11.7. The number of rotatable bonds is 11. The normalized spacial score (nSPS) is 11.5. The molecule has 0 atom stereocenters. The van der Waals surface area contributed by atoms with Crippen LogP contribution in [0.3, 0.4) is 0 Å². The molecule has 2 aromatic rings. The third kappa shape index (κ3) is 6.88. The minimum atomic E-state index is -4.55. The molecule has 0 aromatic heterocycles. The molecule has 0 amide bonds. The van der Waals surface area contributed by atoms with Crippen LogP contribution < -0.4 is 4.74 Å². The van der Waals surface area contributed by atoms with Gasteiger partial charge in [0.05, 0.1) is 0 Å². The first-order valence-electron chi connectivity index (χ1n) is 9.48. The van der Waals surface area contributed by atoms with Crippen LogP contribution in [0.2, 0.25) is 0 Å². The second-order valence-corrected chi connectivity index (χ2v) is 8.08. The van der Waals surface area contributed by atoms with Gasteiger partial charge in [-0.25, -0.2) is 0 Å². The van der Waals surface area contributed by atoms with E-state index in [0.717, 1.165) is 25.3 Å². The van der Waals surface area contributed by atoms with Gasteiger partial charge in [0.15, 0.2) is 0 Å². The van der Waals surface area contributed by atoms with Crippen LogP contribution in [-0.4, -0.2) is 18.1 Å². The first-order chi connectivity index (χ1) is 12.9. The van der Waals surface area contributed by atoms with Crippen LogP contribution >= 0.6 is 0 Å². The molecule has 27 heavy (non-hydrogen) atoms. The molecule has 0 spiro atoms. The molecule has 0 unspecified atom stereocenters. The van der Waals surface area contributed by atoms with E-state index >= 15 is 0 Å². The summed E-state index contributed by atoms with van der Waals surface area (Å²) in [5.74, 6) is 0.416. The van der Waals surface area contributed by atoms with E-state index in [1.807, 2.05) is 6.07 Å². The van der Waals surface area contributed by atoms with Gasteiger partial charge in [-0.15, -0.1) is 0 Å². The van der Waals surface area contributed by atoms with E-state index in [4.69, 9.17) is 4.74 Å². The Morgan fingerprint density at radius 1 is 0.889 bits per heavy atom. The lowest BCUT2D eigenvalue weighted by Crippen LogP contribution is -2.02. The van der Waals surface area contributed by atoms with Crippen LogP contribution in [-0.2, 0) is 16.5 Å². The summed E-state index contributed by atoms with van der Waals surface area (Å²) in [6.07, 6.45) is 8.36. The highest BCUT2D eigenvalue weighted by atomic mass is 32.2. The molecule has 2 N–H and O–H groups in total. The van der Waals surface area contributed by atoms with E-state index in [9.17, 15) is 18.1 Å². The van der Waals surface area contributed by atoms with Gasteiger partial charge >= 0.3 is 0 Å². The number of phenols is 1. The molecule has 6 heteroatoms. The van der Waals surface area contributed by atoms with Gasteiger partial charge in [0.2, 0.25) is 0 Å². The Bertz CT molecular complexity index is 816. The van der Waals surface area contributed by atoms with Gasteiger partial charge in [0.1, 0.15) is 22.1 Å². The number of hydrogen-bond acceptors (Lipinski definition) is 4. The fourth-order valence-electron chi connectivity index (χ4n) is 2.98. The summed E-state index contributed by atoms with van der Waals surface area (Å²) in [6.45, 7) is 2.18. The Labute approximate surface area is 161 Å². The third-order valence-electron chi connectivity index (χ3n) is 4.43. The monoisotopic (exact) mass is 392 g/mol. The van der Waals surface area contributed by atoms with Crippen molar-refractivity contribution in [2.24, 2.45) is 0 Å². The van der Waals surface area contributed by atoms with Gasteiger partial charge in [0.25, 0.3) is 10.1 Å². The van der Waals surface area contributed by atoms with Crippen molar-refractivity contribution in [1.29, 1.82) is 0 Å².